The lowest BCUT2D eigenvalue weighted by Gasteiger charge is -2.15. The topological polar surface area (TPSA) is 48.4 Å². The van der Waals surface area contributed by atoms with Gasteiger partial charge in [0.2, 0.25) is 0 Å². The van der Waals surface area contributed by atoms with Gasteiger partial charge in [-0.2, -0.15) is 0 Å². The van der Waals surface area contributed by atoms with Crippen molar-refractivity contribution in [1.82, 2.24) is 4.98 Å². The number of esters is 1. The number of carbonyl (C=O) groups excluding carboxylic acids is 1. The zero-order valence-electron chi connectivity index (χ0n) is 13.3. The molecule has 4 nitrogen and oxygen atoms in total. The molecular formula is C18H18BrNO3S. The number of nitrogens with zero attached hydrogens (tertiary/aromatic N) is 1. The highest BCUT2D eigenvalue weighted by Crippen LogP contribution is 2.34. The lowest BCUT2D eigenvalue weighted by molar-refractivity contribution is -0.150. The normalized spacial score (nSPS) is 16.8. The van der Waals surface area contributed by atoms with Crippen LogP contribution in [0.15, 0.2) is 40.2 Å². The first-order chi connectivity index (χ1) is 11.7. The average molecular weight is 408 g/mol. The standard InChI is InChI=1S/C18H18BrNO3S/c1-22-16-8-7-13(19)9-15(16)17-20-14(11-24-17)10-23-18(21)12-5-3-2-4-6-12/h2-3,7-9,11-12H,4-6,10H2,1H3/t12-/m1/s1. The molecule has 0 unspecified atom stereocenters. The van der Waals surface area contributed by atoms with Crippen molar-refractivity contribution in [1.29, 1.82) is 0 Å². The number of benzene rings is 1. The predicted molar refractivity (Wildman–Crippen MR) is 98.1 cm³/mol. The first-order valence-electron chi connectivity index (χ1n) is 7.77. The maximum Gasteiger partial charge on any atom is 0.309 e. The van der Waals surface area contributed by atoms with Crippen molar-refractivity contribution in [3.05, 3.63) is 45.9 Å². The SMILES string of the molecule is COc1ccc(Br)cc1-c1nc(COC(=O)[C@@H]2CC=CCC2)cs1. The molecule has 1 aliphatic carbocycles. The van der Waals surface area contributed by atoms with Gasteiger partial charge in [0.05, 0.1) is 24.3 Å². The first kappa shape index (κ1) is 17.2. The second-order valence-corrected chi connectivity index (χ2v) is 7.35. The van der Waals surface area contributed by atoms with Gasteiger partial charge in [-0.15, -0.1) is 11.3 Å². The highest BCUT2D eigenvalue weighted by Gasteiger charge is 2.20. The van der Waals surface area contributed by atoms with Crippen LogP contribution >= 0.6 is 27.3 Å². The maximum absolute atomic E-state index is 12.1. The number of rotatable bonds is 5. The van der Waals surface area contributed by atoms with Gasteiger partial charge >= 0.3 is 5.97 Å². The summed E-state index contributed by atoms with van der Waals surface area (Å²) in [7, 11) is 1.64. The van der Waals surface area contributed by atoms with Crippen LogP contribution in [0.3, 0.4) is 0 Å². The van der Waals surface area contributed by atoms with Gasteiger partial charge in [-0.1, -0.05) is 28.1 Å². The number of methoxy groups -OCH3 is 1. The van der Waals surface area contributed by atoms with Crippen molar-refractivity contribution in [2.45, 2.75) is 25.9 Å². The lowest BCUT2D eigenvalue weighted by Crippen LogP contribution is -2.18. The summed E-state index contributed by atoms with van der Waals surface area (Å²) in [6, 6.07) is 5.80. The number of thiazole rings is 1. The molecule has 0 bridgehead atoms. The van der Waals surface area contributed by atoms with Gasteiger partial charge in [-0.05, 0) is 37.5 Å². The van der Waals surface area contributed by atoms with Crippen LogP contribution in [0.1, 0.15) is 25.0 Å². The number of ether oxygens (including phenoxy) is 2. The van der Waals surface area contributed by atoms with E-state index in [0.29, 0.717) is 0 Å². The molecule has 0 fully saturated rings. The summed E-state index contributed by atoms with van der Waals surface area (Å²) in [5, 5.41) is 2.77. The summed E-state index contributed by atoms with van der Waals surface area (Å²) in [5.74, 6) is 0.623. The minimum Gasteiger partial charge on any atom is -0.496 e. The fourth-order valence-electron chi connectivity index (χ4n) is 2.61. The number of halogens is 1. The van der Waals surface area contributed by atoms with E-state index in [9.17, 15) is 4.79 Å². The molecule has 1 atom stereocenters. The Morgan fingerprint density at radius 3 is 3.04 bits per heavy atom. The van der Waals surface area contributed by atoms with Gasteiger partial charge in [0, 0.05) is 9.85 Å². The van der Waals surface area contributed by atoms with Crippen LogP contribution in [-0.2, 0) is 16.1 Å². The molecule has 0 saturated carbocycles. The summed E-state index contributed by atoms with van der Waals surface area (Å²) in [6.07, 6.45) is 6.75. The van der Waals surface area contributed by atoms with Crippen molar-refractivity contribution in [3.63, 3.8) is 0 Å². The summed E-state index contributed by atoms with van der Waals surface area (Å²) in [4.78, 5) is 16.7. The van der Waals surface area contributed by atoms with Crippen molar-refractivity contribution >= 4 is 33.2 Å². The first-order valence-corrected chi connectivity index (χ1v) is 9.44. The van der Waals surface area contributed by atoms with Crippen LogP contribution in [0.25, 0.3) is 10.6 Å². The Hall–Kier alpha value is -1.66. The van der Waals surface area contributed by atoms with Crippen molar-refractivity contribution < 1.29 is 14.3 Å². The molecule has 1 aromatic carbocycles. The summed E-state index contributed by atoms with van der Waals surface area (Å²) < 4.78 is 11.8. The smallest absolute Gasteiger partial charge is 0.309 e. The minimum atomic E-state index is -0.131. The van der Waals surface area contributed by atoms with Gasteiger partial charge in [0.1, 0.15) is 17.4 Å². The highest BCUT2D eigenvalue weighted by atomic mass is 79.9. The summed E-state index contributed by atoms with van der Waals surface area (Å²) in [6.45, 7) is 0.214. The number of aromatic nitrogens is 1. The molecule has 1 aliphatic rings. The number of hydrogen-bond donors (Lipinski definition) is 0. The van der Waals surface area contributed by atoms with Gasteiger partial charge < -0.3 is 9.47 Å². The Balaban J connectivity index is 1.66. The Kier molecular flexibility index (Phi) is 5.68. The third-order valence-corrected chi connectivity index (χ3v) is 5.33. The fraction of sp³-hybridized carbons (Fsp3) is 0.333. The number of hydrogen-bond acceptors (Lipinski definition) is 5. The molecule has 1 heterocycles. The Labute approximate surface area is 153 Å². The monoisotopic (exact) mass is 407 g/mol. The van der Waals surface area contributed by atoms with Gasteiger partial charge in [0.15, 0.2) is 0 Å². The van der Waals surface area contributed by atoms with Crippen LogP contribution in [0.4, 0.5) is 0 Å². The van der Waals surface area contributed by atoms with Crippen LogP contribution in [0, 0.1) is 5.92 Å². The molecule has 1 aromatic heterocycles. The number of allylic oxidation sites excluding steroid dienone is 2. The Morgan fingerprint density at radius 2 is 2.29 bits per heavy atom. The van der Waals surface area contributed by atoms with E-state index in [0.717, 1.165) is 45.7 Å². The summed E-state index contributed by atoms with van der Waals surface area (Å²) in [5.41, 5.74) is 1.68. The molecule has 6 heteroatoms. The number of carbonyl (C=O) groups is 1. The molecule has 3 rings (SSSR count). The second kappa shape index (κ2) is 7.94. The van der Waals surface area contributed by atoms with E-state index in [1.54, 1.807) is 7.11 Å². The van der Waals surface area contributed by atoms with Crippen LogP contribution in [0.5, 0.6) is 5.75 Å². The molecular weight excluding hydrogens is 390 g/mol. The van der Waals surface area contributed by atoms with Gasteiger partial charge in [-0.25, -0.2) is 4.98 Å². The van der Waals surface area contributed by atoms with E-state index in [2.05, 4.69) is 33.1 Å². The quantitative estimate of drug-likeness (QED) is 0.517. The van der Waals surface area contributed by atoms with Crippen LogP contribution in [0.2, 0.25) is 0 Å². The molecule has 0 aliphatic heterocycles. The zero-order valence-corrected chi connectivity index (χ0v) is 15.7. The maximum atomic E-state index is 12.1. The fourth-order valence-corrected chi connectivity index (χ4v) is 3.80. The largest absolute Gasteiger partial charge is 0.496 e. The summed E-state index contributed by atoms with van der Waals surface area (Å²) >= 11 is 4.98. The molecule has 24 heavy (non-hydrogen) atoms. The van der Waals surface area contributed by atoms with Crippen molar-refractivity contribution in [2.75, 3.05) is 7.11 Å². The third kappa shape index (κ3) is 4.05. The van der Waals surface area contributed by atoms with Gasteiger partial charge in [0.25, 0.3) is 0 Å². The van der Waals surface area contributed by atoms with E-state index in [1.807, 2.05) is 23.6 Å². The third-order valence-electron chi connectivity index (χ3n) is 3.91. The van der Waals surface area contributed by atoms with E-state index >= 15 is 0 Å². The van der Waals surface area contributed by atoms with Crippen LogP contribution < -0.4 is 4.74 Å². The van der Waals surface area contributed by atoms with Crippen molar-refractivity contribution in [2.24, 2.45) is 5.92 Å². The molecule has 0 amide bonds. The molecule has 126 valence electrons. The zero-order chi connectivity index (χ0) is 16.9. The van der Waals surface area contributed by atoms with E-state index < -0.39 is 0 Å². The average Bonchev–Trinajstić information content (AvgIpc) is 3.09. The van der Waals surface area contributed by atoms with E-state index in [4.69, 9.17) is 9.47 Å². The van der Waals surface area contributed by atoms with Crippen molar-refractivity contribution in [3.8, 4) is 16.3 Å². The molecule has 0 spiro atoms. The second-order valence-electron chi connectivity index (χ2n) is 5.58. The van der Waals surface area contributed by atoms with Gasteiger partial charge in [-0.3, -0.25) is 4.79 Å². The van der Waals surface area contributed by atoms with Crippen LogP contribution in [-0.4, -0.2) is 18.1 Å². The Bertz CT molecular complexity index is 756. The Morgan fingerprint density at radius 1 is 1.42 bits per heavy atom. The van der Waals surface area contributed by atoms with E-state index in [-0.39, 0.29) is 18.5 Å². The lowest BCUT2D eigenvalue weighted by atomic mass is 9.95. The predicted octanol–water partition coefficient (Wildman–Crippen LogP) is 4.98. The van der Waals surface area contributed by atoms with E-state index in [1.165, 1.54) is 11.3 Å². The molecule has 0 saturated heterocycles. The molecule has 0 radical (unpaired) electrons. The molecule has 0 N–H and O–H groups in total. The highest BCUT2D eigenvalue weighted by molar-refractivity contribution is 9.10. The molecule has 2 aromatic rings. The minimum absolute atomic E-state index is 0.0155.